The van der Waals surface area contributed by atoms with Crippen molar-refractivity contribution in [2.75, 3.05) is 19.0 Å². The molecule has 0 aliphatic carbocycles. The van der Waals surface area contributed by atoms with Crippen LogP contribution in [0.1, 0.15) is 5.69 Å². The van der Waals surface area contributed by atoms with E-state index in [1.165, 1.54) is 7.05 Å². The van der Waals surface area contributed by atoms with E-state index in [1.807, 2.05) is 0 Å². The van der Waals surface area contributed by atoms with Gasteiger partial charge in [0.1, 0.15) is 36.2 Å². The van der Waals surface area contributed by atoms with E-state index in [4.69, 9.17) is 4.74 Å². The molecule has 4 atom stereocenters. The molecule has 0 saturated carbocycles. The normalized spacial score (nSPS) is 27.5. The second-order valence-corrected chi connectivity index (χ2v) is 5.59. The van der Waals surface area contributed by atoms with Gasteiger partial charge in [0.2, 0.25) is 5.60 Å². The van der Waals surface area contributed by atoms with Crippen LogP contribution in [0, 0.1) is 17.1 Å². The fourth-order valence-electron chi connectivity index (χ4n) is 2.90. The maximum Gasteiger partial charge on any atom is 0.431 e. The Balaban J connectivity index is 2.14. The molecule has 144 valence electrons. The highest BCUT2D eigenvalue weighted by Crippen LogP contribution is 2.41. The molecule has 2 aromatic rings. The second-order valence-electron chi connectivity index (χ2n) is 5.59. The van der Waals surface area contributed by atoms with E-state index in [0.717, 1.165) is 16.9 Å². The van der Waals surface area contributed by atoms with Crippen LogP contribution >= 0.6 is 0 Å². The Kier molecular flexibility index (Phi) is 4.91. The molecule has 2 aromatic heterocycles. The lowest BCUT2D eigenvalue weighted by Crippen LogP contribution is -2.41. The lowest BCUT2D eigenvalue weighted by molar-refractivity contribution is -0.0643. The molecule has 1 aliphatic rings. The molecule has 1 amide bonds. The highest BCUT2D eigenvalue weighted by atomic mass is 19.1. The van der Waals surface area contributed by atoms with Gasteiger partial charge in [0.15, 0.2) is 11.6 Å². The Morgan fingerprint density at radius 1 is 1.59 bits per heavy atom. The molecule has 13 heteroatoms. The summed E-state index contributed by atoms with van der Waals surface area (Å²) >= 11 is 0. The molecule has 3 rings (SSSR count). The van der Waals surface area contributed by atoms with Crippen molar-refractivity contribution in [3.8, 4) is 6.07 Å². The summed E-state index contributed by atoms with van der Waals surface area (Å²) in [7, 11) is 1.34. The van der Waals surface area contributed by atoms with Crippen molar-refractivity contribution in [3.05, 3.63) is 23.9 Å². The minimum atomic E-state index is -2.21. The molecular formula is C14H15FN6O6. The number of aliphatic hydroxyl groups excluding tert-OH is 3. The summed E-state index contributed by atoms with van der Waals surface area (Å²) in [6, 6.07) is 2.57. The number of nitriles is 1. The number of hydroxylamine groups is 1. The number of aliphatic hydroxyl groups is 3. The van der Waals surface area contributed by atoms with E-state index in [1.54, 1.807) is 6.07 Å². The fourth-order valence-corrected chi connectivity index (χ4v) is 2.90. The molecular weight excluding hydrogens is 367 g/mol. The van der Waals surface area contributed by atoms with Crippen LogP contribution in [0.5, 0.6) is 0 Å². The maximum absolute atomic E-state index is 14.6. The number of nitrogens with one attached hydrogen (secondary N) is 2. The number of carbonyl (C=O) groups excluding carboxylic acids is 1. The third kappa shape index (κ3) is 2.85. The van der Waals surface area contributed by atoms with Gasteiger partial charge < -0.3 is 24.9 Å². The first kappa shape index (κ1) is 18.9. The van der Waals surface area contributed by atoms with Crippen molar-refractivity contribution in [1.29, 1.82) is 5.26 Å². The van der Waals surface area contributed by atoms with Crippen molar-refractivity contribution in [3.63, 3.8) is 0 Å². The zero-order chi connectivity index (χ0) is 19.8. The van der Waals surface area contributed by atoms with Gasteiger partial charge in [-0.1, -0.05) is 0 Å². The summed E-state index contributed by atoms with van der Waals surface area (Å²) in [5.41, 5.74) is -0.660. The van der Waals surface area contributed by atoms with E-state index in [0.29, 0.717) is 0 Å². The number of aromatic nitrogens is 3. The number of fused-ring (bicyclic) bond motifs is 1. The lowest BCUT2D eigenvalue weighted by Gasteiger charge is -2.24. The van der Waals surface area contributed by atoms with Crippen molar-refractivity contribution in [1.82, 2.24) is 20.1 Å². The number of carbonyl (C=O) groups is 1. The first-order chi connectivity index (χ1) is 12.9. The molecule has 0 spiro atoms. The molecule has 0 unspecified atom stereocenters. The van der Waals surface area contributed by atoms with Crippen LogP contribution in [-0.4, -0.2) is 68.0 Å². The Morgan fingerprint density at radius 2 is 2.33 bits per heavy atom. The molecule has 5 N–H and O–H groups in total. The van der Waals surface area contributed by atoms with Gasteiger partial charge in [-0.25, -0.2) is 18.7 Å². The number of ether oxygens (including phenoxy) is 1. The van der Waals surface area contributed by atoms with Gasteiger partial charge in [0.05, 0.1) is 12.3 Å². The predicted molar refractivity (Wildman–Crippen MR) is 83.4 cm³/mol. The third-order valence-electron chi connectivity index (χ3n) is 4.11. The summed E-state index contributed by atoms with van der Waals surface area (Å²) in [5, 5.41) is 45.2. The van der Waals surface area contributed by atoms with Gasteiger partial charge in [-0.05, 0) is 0 Å². The van der Waals surface area contributed by atoms with Crippen molar-refractivity contribution < 1.29 is 34.1 Å². The van der Waals surface area contributed by atoms with Gasteiger partial charge in [-0.2, -0.15) is 15.8 Å². The second kappa shape index (κ2) is 7.02. The first-order valence-electron chi connectivity index (χ1n) is 7.63. The van der Waals surface area contributed by atoms with Gasteiger partial charge in [0, 0.05) is 13.1 Å². The molecule has 3 heterocycles. The third-order valence-corrected chi connectivity index (χ3v) is 4.11. The van der Waals surface area contributed by atoms with Crippen LogP contribution in [0.15, 0.2) is 12.4 Å². The van der Waals surface area contributed by atoms with Gasteiger partial charge >= 0.3 is 6.09 Å². The molecule has 0 aromatic carbocycles. The predicted octanol–water partition coefficient (Wildman–Crippen LogP) is -1.62. The number of hydrogen-bond donors (Lipinski definition) is 5. The smallest absolute Gasteiger partial charge is 0.394 e. The van der Waals surface area contributed by atoms with E-state index < -0.39 is 42.4 Å². The zero-order valence-electron chi connectivity index (χ0n) is 13.8. The Morgan fingerprint density at radius 3 is 2.93 bits per heavy atom. The molecule has 0 radical (unpaired) electrons. The van der Waals surface area contributed by atoms with Gasteiger partial charge in [-0.3, -0.25) is 5.32 Å². The standard InChI is InChI=1S/C14H15FN6O6/c1-17-27-13(25)20-12-9-6(15)2-8(21(9)19-5-18-12)14(4-16)11(24)10(23)7(3-22)26-14/h2,5,7,10-11,17,22-24H,3H2,1H3,(H,18,19,20,25)/t7-,10-,11-,14+/m1/s1. The number of amides is 1. The Labute approximate surface area is 150 Å². The van der Waals surface area contributed by atoms with E-state index in [2.05, 4.69) is 25.7 Å². The molecule has 1 fully saturated rings. The lowest BCUT2D eigenvalue weighted by atomic mass is 9.92. The zero-order valence-corrected chi connectivity index (χ0v) is 13.8. The van der Waals surface area contributed by atoms with Crippen molar-refractivity contribution in [2.24, 2.45) is 0 Å². The Bertz CT molecular complexity index is 915. The van der Waals surface area contributed by atoms with Crippen LogP contribution in [0.4, 0.5) is 15.0 Å². The van der Waals surface area contributed by atoms with E-state index in [-0.39, 0.29) is 17.0 Å². The average molecular weight is 382 g/mol. The number of anilines is 1. The number of rotatable bonds is 4. The first-order valence-corrected chi connectivity index (χ1v) is 7.63. The molecule has 1 saturated heterocycles. The SMILES string of the molecule is CNOC(=O)Nc1ncnn2c([C@]3(C#N)O[C@H](CO)[C@@H](O)[C@H]3O)cc(F)c12. The largest absolute Gasteiger partial charge is 0.431 e. The van der Waals surface area contributed by atoms with E-state index >= 15 is 0 Å². The minimum Gasteiger partial charge on any atom is -0.394 e. The van der Waals surface area contributed by atoms with Crippen LogP contribution < -0.4 is 10.8 Å². The summed E-state index contributed by atoms with van der Waals surface area (Å²) in [4.78, 5) is 19.8. The van der Waals surface area contributed by atoms with Crippen molar-refractivity contribution >= 4 is 17.4 Å². The fraction of sp³-hybridized carbons (Fsp3) is 0.429. The summed E-state index contributed by atoms with van der Waals surface area (Å²) in [6.07, 6.45) is -4.66. The number of hydrogen-bond acceptors (Lipinski definition) is 10. The summed E-state index contributed by atoms with van der Waals surface area (Å²) in [5.74, 6) is -1.20. The molecule has 1 aliphatic heterocycles. The topological polar surface area (TPSA) is 174 Å². The van der Waals surface area contributed by atoms with E-state index in [9.17, 15) is 29.8 Å². The highest BCUT2D eigenvalue weighted by molar-refractivity contribution is 5.88. The summed E-state index contributed by atoms with van der Waals surface area (Å²) < 4.78 is 20.9. The number of nitrogens with zero attached hydrogens (tertiary/aromatic N) is 4. The van der Waals surface area contributed by atoms with Crippen LogP contribution in [0.3, 0.4) is 0 Å². The van der Waals surface area contributed by atoms with Crippen LogP contribution in [-0.2, 0) is 15.2 Å². The van der Waals surface area contributed by atoms with Crippen LogP contribution in [0.2, 0.25) is 0 Å². The van der Waals surface area contributed by atoms with Gasteiger partial charge in [-0.15, -0.1) is 0 Å². The Hall–Kier alpha value is -2.89. The number of halogens is 1. The average Bonchev–Trinajstić information content (AvgIpc) is 3.12. The minimum absolute atomic E-state index is 0.257. The van der Waals surface area contributed by atoms with Crippen LogP contribution in [0.25, 0.3) is 5.52 Å². The monoisotopic (exact) mass is 382 g/mol. The molecule has 0 bridgehead atoms. The van der Waals surface area contributed by atoms with Crippen molar-refractivity contribution in [2.45, 2.75) is 23.9 Å². The van der Waals surface area contributed by atoms with Gasteiger partial charge in [0.25, 0.3) is 0 Å². The highest BCUT2D eigenvalue weighted by Gasteiger charge is 2.57. The molecule has 12 nitrogen and oxygen atoms in total. The summed E-state index contributed by atoms with van der Waals surface area (Å²) in [6.45, 7) is -0.676. The molecule has 27 heavy (non-hydrogen) atoms. The maximum atomic E-state index is 14.6. The quantitative estimate of drug-likeness (QED) is 0.387.